The van der Waals surface area contributed by atoms with Crippen molar-refractivity contribution in [1.82, 2.24) is 29.6 Å². The predicted octanol–water partition coefficient (Wildman–Crippen LogP) is 4.43. The van der Waals surface area contributed by atoms with E-state index in [1.165, 1.54) is 16.7 Å². The molecule has 1 aromatic heterocycles. The zero-order valence-corrected chi connectivity index (χ0v) is 24.9. The number of aromatic nitrogens is 2. The average Bonchev–Trinajstić information content (AvgIpc) is 2.95. The number of fused-ring (bicyclic) bond motifs is 1. The highest BCUT2D eigenvalue weighted by molar-refractivity contribution is 5.93. The smallest absolute Gasteiger partial charge is 0.451 e. The van der Waals surface area contributed by atoms with E-state index < -0.39 is 12.0 Å². The fourth-order valence-corrected chi connectivity index (χ4v) is 5.87. The summed E-state index contributed by atoms with van der Waals surface area (Å²) in [5.41, 5.74) is 3.80. The van der Waals surface area contributed by atoms with Crippen LogP contribution in [0.1, 0.15) is 64.6 Å². The molecule has 0 spiro atoms. The number of hydrogen-bond donors (Lipinski definition) is 0. The quantitative estimate of drug-likeness (QED) is 0.388. The molecule has 4 rings (SSSR count). The molecule has 1 amide bonds. The summed E-state index contributed by atoms with van der Waals surface area (Å²) in [4.78, 5) is 28.5. The number of halogens is 3. The summed E-state index contributed by atoms with van der Waals surface area (Å²) in [6, 6.07) is 4.76. The molecule has 8 nitrogen and oxygen atoms in total. The summed E-state index contributed by atoms with van der Waals surface area (Å²) >= 11 is 0. The molecule has 1 aromatic carbocycles. The van der Waals surface area contributed by atoms with Crippen molar-refractivity contribution >= 4 is 5.91 Å². The molecule has 11 heteroatoms. The van der Waals surface area contributed by atoms with Gasteiger partial charge in [-0.1, -0.05) is 6.07 Å². The number of rotatable bonds is 10. The molecule has 0 aliphatic carbocycles. The minimum Gasteiger partial charge on any atom is -0.493 e. The third-order valence-corrected chi connectivity index (χ3v) is 8.39. The Morgan fingerprint density at radius 2 is 1.76 bits per heavy atom. The number of ether oxygens (including phenoxy) is 1. The standard InChI is InChI=1S/C30H43F3N6O2/c1-21-22(2)27(41-17-7-12-37(5)14-13-36(3)4)11-10-25(21)26-9-6-8-24-20-38(15-16-39(24)26)28(40)23-18-34-29(35-19-23)30(31,32)33/h10-11,18-19,24,26H,6-9,12-17,20H2,1-5H3/t24?,26-/m1/s1. The van der Waals surface area contributed by atoms with Crippen LogP contribution >= 0.6 is 0 Å². The maximum absolute atomic E-state index is 13.1. The van der Waals surface area contributed by atoms with E-state index in [4.69, 9.17) is 4.74 Å². The van der Waals surface area contributed by atoms with E-state index in [1.807, 2.05) is 0 Å². The van der Waals surface area contributed by atoms with Crippen LogP contribution in [0.5, 0.6) is 5.75 Å². The van der Waals surface area contributed by atoms with Gasteiger partial charge in [0.2, 0.25) is 5.82 Å². The third kappa shape index (κ3) is 7.75. The lowest BCUT2D eigenvalue weighted by Crippen LogP contribution is -2.57. The van der Waals surface area contributed by atoms with E-state index in [9.17, 15) is 18.0 Å². The first-order valence-electron chi connectivity index (χ1n) is 14.5. The highest BCUT2D eigenvalue weighted by Crippen LogP contribution is 2.39. The summed E-state index contributed by atoms with van der Waals surface area (Å²) in [7, 11) is 6.32. The Balaban J connectivity index is 1.35. The fraction of sp³-hybridized carbons (Fsp3) is 0.633. The molecular weight excluding hydrogens is 533 g/mol. The number of nitrogens with zero attached hydrogens (tertiary/aromatic N) is 6. The summed E-state index contributed by atoms with van der Waals surface area (Å²) in [6.07, 6.45) is 1.38. The van der Waals surface area contributed by atoms with E-state index in [-0.39, 0.29) is 23.6 Å². The van der Waals surface area contributed by atoms with Gasteiger partial charge in [0.05, 0.1) is 12.2 Å². The topological polar surface area (TPSA) is 65.0 Å². The molecule has 0 bridgehead atoms. The second-order valence-corrected chi connectivity index (χ2v) is 11.6. The number of hydrogen-bond acceptors (Lipinski definition) is 7. The van der Waals surface area contributed by atoms with Crippen LogP contribution in [0.2, 0.25) is 0 Å². The van der Waals surface area contributed by atoms with Crippen LogP contribution in [0.4, 0.5) is 13.2 Å². The largest absolute Gasteiger partial charge is 0.493 e. The van der Waals surface area contributed by atoms with Gasteiger partial charge < -0.3 is 19.4 Å². The van der Waals surface area contributed by atoms with Crippen molar-refractivity contribution in [2.75, 3.05) is 67.0 Å². The molecule has 0 radical (unpaired) electrons. The van der Waals surface area contributed by atoms with Crippen LogP contribution in [0.15, 0.2) is 24.5 Å². The van der Waals surface area contributed by atoms with Crippen LogP contribution < -0.4 is 4.74 Å². The summed E-state index contributed by atoms with van der Waals surface area (Å²) in [5.74, 6) is -0.624. The van der Waals surface area contributed by atoms with E-state index in [0.29, 0.717) is 26.2 Å². The van der Waals surface area contributed by atoms with Gasteiger partial charge in [-0.15, -0.1) is 0 Å². The van der Waals surface area contributed by atoms with Crippen LogP contribution in [0.3, 0.4) is 0 Å². The number of likely N-dealkylation sites (N-methyl/N-ethyl adjacent to an activating group) is 2. The summed E-state index contributed by atoms with van der Waals surface area (Å²) in [5, 5.41) is 0. The lowest BCUT2D eigenvalue weighted by atomic mass is 9.86. The molecule has 41 heavy (non-hydrogen) atoms. The number of piperidine rings is 1. The first-order chi connectivity index (χ1) is 19.5. The van der Waals surface area contributed by atoms with E-state index >= 15 is 0 Å². The molecule has 2 aliphatic rings. The van der Waals surface area contributed by atoms with Crippen LogP contribution in [-0.2, 0) is 6.18 Å². The number of alkyl halides is 3. The van der Waals surface area contributed by atoms with Crippen LogP contribution in [0, 0.1) is 13.8 Å². The highest BCUT2D eigenvalue weighted by atomic mass is 19.4. The summed E-state index contributed by atoms with van der Waals surface area (Å²) in [6.45, 7) is 9.80. The number of amides is 1. The lowest BCUT2D eigenvalue weighted by Gasteiger charge is -2.48. The molecular formula is C30H43F3N6O2. The second-order valence-electron chi connectivity index (χ2n) is 11.6. The Labute approximate surface area is 241 Å². The first kappa shape index (κ1) is 31.2. The average molecular weight is 577 g/mol. The molecule has 226 valence electrons. The monoisotopic (exact) mass is 576 g/mol. The Morgan fingerprint density at radius 1 is 1.02 bits per heavy atom. The normalized spacial score (nSPS) is 20.0. The molecule has 2 aliphatic heterocycles. The van der Waals surface area contributed by atoms with Gasteiger partial charge in [-0.25, -0.2) is 9.97 Å². The van der Waals surface area contributed by atoms with E-state index in [1.54, 1.807) is 4.90 Å². The van der Waals surface area contributed by atoms with Crippen molar-refractivity contribution in [3.63, 3.8) is 0 Å². The summed E-state index contributed by atoms with van der Waals surface area (Å²) < 4.78 is 44.6. The van der Waals surface area contributed by atoms with Gasteiger partial charge in [-0.05, 0) is 83.4 Å². The predicted molar refractivity (Wildman–Crippen MR) is 152 cm³/mol. The second kappa shape index (κ2) is 13.5. The minimum absolute atomic E-state index is 0.0843. The first-order valence-corrected chi connectivity index (χ1v) is 14.5. The molecule has 3 heterocycles. The van der Waals surface area contributed by atoms with Gasteiger partial charge in [-0.3, -0.25) is 9.69 Å². The molecule has 2 saturated heterocycles. The Bertz CT molecular complexity index is 1170. The Hall–Kier alpha value is -2.76. The van der Waals surface area contributed by atoms with Crippen molar-refractivity contribution in [3.8, 4) is 5.75 Å². The SMILES string of the molecule is Cc1c(OCCCN(C)CCN(C)C)ccc([C@H]2CCCC3CN(C(=O)c4cnc(C(F)(F)F)nc4)CCN32)c1C. The van der Waals surface area contributed by atoms with Crippen molar-refractivity contribution < 1.29 is 22.7 Å². The molecule has 0 saturated carbocycles. The van der Waals surface area contributed by atoms with Gasteiger partial charge in [0, 0.05) is 63.7 Å². The Kier molecular flexibility index (Phi) is 10.3. The van der Waals surface area contributed by atoms with Gasteiger partial charge in [0.15, 0.2) is 0 Å². The number of piperazine rings is 1. The number of benzene rings is 1. The minimum atomic E-state index is -4.63. The zero-order chi connectivity index (χ0) is 29.7. The van der Waals surface area contributed by atoms with Crippen LogP contribution in [0.25, 0.3) is 0 Å². The molecule has 2 aromatic rings. The Morgan fingerprint density at radius 3 is 2.44 bits per heavy atom. The van der Waals surface area contributed by atoms with Crippen LogP contribution in [-0.4, -0.2) is 109 Å². The van der Waals surface area contributed by atoms with Gasteiger partial charge in [0.25, 0.3) is 5.91 Å². The van der Waals surface area contributed by atoms with Crippen molar-refractivity contribution in [2.24, 2.45) is 0 Å². The van der Waals surface area contributed by atoms with E-state index in [0.717, 1.165) is 63.5 Å². The maximum atomic E-state index is 13.1. The van der Waals surface area contributed by atoms with Crippen molar-refractivity contribution in [3.05, 3.63) is 52.6 Å². The van der Waals surface area contributed by atoms with Crippen molar-refractivity contribution in [1.29, 1.82) is 0 Å². The lowest BCUT2D eigenvalue weighted by molar-refractivity contribution is -0.145. The zero-order valence-electron chi connectivity index (χ0n) is 24.9. The number of carbonyl (C=O) groups is 1. The van der Waals surface area contributed by atoms with Gasteiger partial charge >= 0.3 is 6.18 Å². The van der Waals surface area contributed by atoms with Gasteiger partial charge in [0.1, 0.15) is 5.75 Å². The van der Waals surface area contributed by atoms with Gasteiger partial charge in [-0.2, -0.15) is 13.2 Å². The van der Waals surface area contributed by atoms with Crippen molar-refractivity contribution in [2.45, 2.75) is 57.8 Å². The molecule has 0 N–H and O–H groups in total. The fourth-order valence-electron chi connectivity index (χ4n) is 5.87. The third-order valence-electron chi connectivity index (χ3n) is 8.39. The molecule has 2 atom stereocenters. The number of carbonyl (C=O) groups excluding carboxylic acids is 1. The molecule has 2 fully saturated rings. The molecule has 1 unspecified atom stereocenters. The maximum Gasteiger partial charge on any atom is 0.451 e. The van der Waals surface area contributed by atoms with E-state index in [2.05, 4.69) is 71.8 Å². The highest BCUT2D eigenvalue weighted by Gasteiger charge is 2.38.